The molecule has 2 aromatic heterocycles. The van der Waals surface area contributed by atoms with Crippen LogP contribution in [0.1, 0.15) is 26.5 Å². The van der Waals surface area contributed by atoms with Gasteiger partial charge >= 0.3 is 5.97 Å². The van der Waals surface area contributed by atoms with E-state index in [1.54, 1.807) is 18.3 Å². The first-order valence-electron chi connectivity index (χ1n) is 7.43. The Morgan fingerprint density at radius 1 is 1.48 bits per heavy atom. The molecule has 3 heterocycles. The molecule has 0 fully saturated rings. The number of esters is 1. The Kier molecular flexibility index (Phi) is 4.07. The van der Waals surface area contributed by atoms with Crippen molar-refractivity contribution in [2.75, 3.05) is 13.2 Å². The second-order valence-electron chi connectivity index (χ2n) is 5.46. The second kappa shape index (κ2) is 6.02. The Morgan fingerprint density at radius 3 is 2.91 bits per heavy atom. The number of nitrogens with zero attached hydrogens (tertiary/aromatic N) is 3. The number of thiophene rings is 1. The van der Waals surface area contributed by atoms with Gasteiger partial charge < -0.3 is 4.74 Å². The third-order valence-electron chi connectivity index (χ3n) is 3.57. The molecule has 0 N–H and O–H groups in total. The monoisotopic (exact) mass is 331 g/mol. The van der Waals surface area contributed by atoms with Crippen molar-refractivity contribution in [3.63, 3.8) is 0 Å². The molecule has 0 saturated heterocycles. The lowest BCUT2D eigenvalue weighted by atomic mass is 10.1. The van der Waals surface area contributed by atoms with Gasteiger partial charge in [-0.05, 0) is 24.4 Å². The van der Waals surface area contributed by atoms with Gasteiger partial charge in [-0.3, -0.25) is 9.36 Å². The summed E-state index contributed by atoms with van der Waals surface area (Å²) in [7, 11) is 0. The number of aromatic nitrogens is 1. The highest BCUT2D eigenvalue weighted by Crippen LogP contribution is 2.33. The van der Waals surface area contributed by atoms with E-state index in [-0.39, 0.29) is 18.2 Å². The van der Waals surface area contributed by atoms with Crippen LogP contribution in [-0.4, -0.2) is 40.5 Å². The van der Waals surface area contributed by atoms with Crippen molar-refractivity contribution in [2.45, 2.75) is 20.8 Å². The van der Waals surface area contributed by atoms with E-state index >= 15 is 0 Å². The summed E-state index contributed by atoms with van der Waals surface area (Å²) < 4.78 is 8.01. The zero-order valence-corrected chi connectivity index (χ0v) is 14.0. The van der Waals surface area contributed by atoms with E-state index in [0.717, 1.165) is 16.1 Å². The molecule has 0 aliphatic carbocycles. The molecule has 7 heteroatoms. The van der Waals surface area contributed by atoms with Gasteiger partial charge in [0.2, 0.25) is 0 Å². The molecule has 1 aliphatic heterocycles. The fourth-order valence-electron chi connectivity index (χ4n) is 2.62. The predicted octanol–water partition coefficient (Wildman–Crippen LogP) is 2.57. The minimum absolute atomic E-state index is 0.104. The van der Waals surface area contributed by atoms with Crippen molar-refractivity contribution in [3.8, 4) is 0 Å². The van der Waals surface area contributed by atoms with Gasteiger partial charge in [-0.2, -0.15) is 5.10 Å². The van der Waals surface area contributed by atoms with Gasteiger partial charge in [0.1, 0.15) is 12.4 Å². The summed E-state index contributed by atoms with van der Waals surface area (Å²) in [4.78, 5) is 23.3. The number of carbonyl (C=O) groups excluding carboxylic acids is 2. The molecular weight excluding hydrogens is 314 g/mol. The maximum absolute atomic E-state index is 11.8. The van der Waals surface area contributed by atoms with Gasteiger partial charge in [0.05, 0.1) is 22.5 Å². The van der Waals surface area contributed by atoms with E-state index in [0.29, 0.717) is 12.3 Å². The van der Waals surface area contributed by atoms with Crippen LogP contribution >= 0.6 is 11.3 Å². The summed E-state index contributed by atoms with van der Waals surface area (Å²) in [5, 5.41) is 7.91. The molecule has 120 valence electrons. The fraction of sp³-hybridized carbons (Fsp3) is 0.375. The Morgan fingerprint density at radius 2 is 2.26 bits per heavy atom. The van der Waals surface area contributed by atoms with E-state index in [1.165, 1.54) is 5.01 Å². The average Bonchev–Trinajstić information content (AvgIpc) is 3.07. The van der Waals surface area contributed by atoms with Crippen molar-refractivity contribution >= 4 is 45.0 Å². The maximum atomic E-state index is 11.8. The highest BCUT2D eigenvalue weighted by atomic mass is 32.1. The lowest BCUT2D eigenvalue weighted by Gasteiger charge is -2.28. The summed E-state index contributed by atoms with van der Waals surface area (Å²) in [6.07, 6.45) is 0. The highest BCUT2D eigenvalue weighted by Gasteiger charge is 2.30. The van der Waals surface area contributed by atoms with Crippen molar-refractivity contribution in [1.82, 2.24) is 9.58 Å². The van der Waals surface area contributed by atoms with E-state index < -0.39 is 5.97 Å². The van der Waals surface area contributed by atoms with Crippen molar-refractivity contribution in [1.29, 1.82) is 0 Å². The Balaban J connectivity index is 2.12. The summed E-state index contributed by atoms with van der Waals surface area (Å²) in [6.45, 7) is 5.98. The first-order valence-corrected chi connectivity index (χ1v) is 8.31. The number of ether oxygens (including phenoxy) is 1. The summed E-state index contributed by atoms with van der Waals surface area (Å²) in [6, 6.07) is 3.94. The molecule has 0 spiro atoms. The SMILES string of the molecule is CCOC(=O)CN1N=C(C(C)C)n2c(cc3sccc32)C1=C=O. The summed E-state index contributed by atoms with van der Waals surface area (Å²) in [5.74, 6) is 2.42. The van der Waals surface area contributed by atoms with Crippen LogP contribution in [0.25, 0.3) is 15.9 Å². The van der Waals surface area contributed by atoms with Crippen LogP contribution in [0.3, 0.4) is 0 Å². The van der Waals surface area contributed by atoms with Gasteiger partial charge in [-0.15, -0.1) is 11.3 Å². The number of hydrazone groups is 1. The number of fused-ring (bicyclic) bond motifs is 3. The number of carbonyl (C=O) groups is 1. The van der Waals surface area contributed by atoms with Crippen LogP contribution in [-0.2, 0) is 14.3 Å². The van der Waals surface area contributed by atoms with Gasteiger partial charge in [0.25, 0.3) is 0 Å². The molecule has 3 rings (SSSR count). The van der Waals surface area contributed by atoms with Gasteiger partial charge in [0, 0.05) is 5.92 Å². The van der Waals surface area contributed by atoms with Crippen LogP contribution in [0.15, 0.2) is 22.6 Å². The van der Waals surface area contributed by atoms with Crippen molar-refractivity contribution in [2.24, 2.45) is 11.0 Å². The normalized spacial score (nSPS) is 14.0. The number of hydrogen-bond acceptors (Lipinski definition) is 6. The van der Waals surface area contributed by atoms with Gasteiger partial charge in [-0.1, -0.05) is 13.8 Å². The molecular formula is C16H17N3O3S. The maximum Gasteiger partial charge on any atom is 0.327 e. The van der Waals surface area contributed by atoms with E-state index in [9.17, 15) is 9.59 Å². The molecule has 0 radical (unpaired) electrons. The first kappa shape index (κ1) is 15.5. The summed E-state index contributed by atoms with van der Waals surface area (Å²) >= 11 is 1.60. The Labute approximate surface area is 137 Å². The molecule has 2 aromatic rings. The Bertz CT molecular complexity index is 840. The molecule has 0 saturated carbocycles. The molecule has 0 bridgehead atoms. The van der Waals surface area contributed by atoms with Crippen LogP contribution in [0.2, 0.25) is 0 Å². The zero-order valence-electron chi connectivity index (χ0n) is 13.2. The molecule has 0 amide bonds. The molecule has 0 atom stereocenters. The topological polar surface area (TPSA) is 63.9 Å². The van der Waals surface area contributed by atoms with E-state index in [4.69, 9.17) is 4.74 Å². The quantitative estimate of drug-likeness (QED) is 0.638. The molecule has 23 heavy (non-hydrogen) atoms. The molecule has 1 aliphatic rings. The van der Waals surface area contributed by atoms with Crippen LogP contribution in [0, 0.1) is 5.92 Å². The second-order valence-corrected chi connectivity index (χ2v) is 6.41. The number of rotatable bonds is 4. The van der Waals surface area contributed by atoms with Crippen LogP contribution in [0.4, 0.5) is 0 Å². The lowest BCUT2D eigenvalue weighted by molar-refractivity contribution is -0.143. The Hall–Kier alpha value is -2.37. The fourth-order valence-corrected chi connectivity index (χ4v) is 3.42. The van der Waals surface area contributed by atoms with Gasteiger partial charge in [-0.25, -0.2) is 9.80 Å². The number of hydrogen-bond donors (Lipinski definition) is 0. The third kappa shape index (κ3) is 2.58. The predicted molar refractivity (Wildman–Crippen MR) is 89.9 cm³/mol. The molecule has 6 nitrogen and oxygen atoms in total. The lowest BCUT2D eigenvalue weighted by Crippen LogP contribution is -2.35. The largest absolute Gasteiger partial charge is 0.465 e. The minimum atomic E-state index is -0.422. The first-order chi connectivity index (χ1) is 11.1. The summed E-state index contributed by atoms with van der Waals surface area (Å²) in [5.41, 5.74) is 1.98. The molecule has 0 aromatic carbocycles. The smallest absolute Gasteiger partial charge is 0.327 e. The average molecular weight is 331 g/mol. The van der Waals surface area contributed by atoms with Crippen LogP contribution in [0.5, 0.6) is 0 Å². The van der Waals surface area contributed by atoms with Crippen molar-refractivity contribution in [3.05, 3.63) is 23.2 Å². The van der Waals surface area contributed by atoms with Crippen LogP contribution < -0.4 is 0 Å². The minimum Gasteiger partial charge on any atom is -0.465 e. The van der Waals surface area contributed by atoms with E-state index in [1.807, 2.05) is 41.9 Å². The van der Waals surface area contributed by atoms with Crippen molar-refractivity contribution < 1.29 is 14.3 Å². The van der Waals surface area contributed by atoms with Gasteiger partial charge in [0.15, 0.2) is 11.6 Å². The zero-order chi connectivity index (χ0) is 16.6. The molecule has 0 unspecified atom stereocenters. The van der Waals surface area contributed by atoms with E-state index in [2.05, 4.69) is 5.10 Å². The standard InChI is InChI=1S/C16H17N3O3S/c1-4-22-15(21)8-18-13(9-20)12-7-14-11(5-6-23-14)19(12)16(17-18)10(2)3/h5-7,10H,4,8H2,1-3H3. The third-order valence-corrected chi connectivity index (χ3v) is 4.43. The highest BCUT2D eigenvalue weighted by molar-refractivity contribution is 7.17.